The summed E-state index contributed by atoms with van der Waals surface area (Å²) in [5.41, 5.74) is -0.819. The summed E-state index contributed by atoms with van der Waals surface area (Å²) in [5, 5.41) is 3.17. The van der Waals surface area contributed by atoms with E-state index < -0.39 is 11.7 Å². The highest BCUT2D eigenvalue weighted by atomic mass is 35.5. The van der Waals surface area contributed by atoms with E-state index in [0.29, 0.717) is 11.7 Å². The van der Waals surface area contributed by atoms with Gasteiger partial charge in [-0.05, 0) is 24.8 Å². The molecule has 2 rings (SSSR count). The van der Waals surface area contributed by atoms with Gasteiger partial charge in [0, 0.05) is 12.2 Å². The Bertz CT molecular complexity index is 448. The van der Waals surface area contributed by atoms with E-state index in [1.807, 2.05) is 0 Å². The Morgan fingerprint density at radius 2 is 2.11 bits per heavy atom. The van der Waals surface area contributed by atoms with Gasteiger partial charge in [-0.3, -0.25) is 0 Å². The number of nitrogens with zero attached hydrogens (tertiary/aromatic N) is 1. The maximum Gasteiger partial charge on any atom is 0.417 e. The van der Waals surface area contributed by atoms with Crippen molar-refractivity contribution in [2.24, 2.45) is 5.92 Å². The Morgan fingerprint density at radius 3 is 2.68 bits per heavy atom. The van der Waals surface area contributed by atoms with E-state index in [1.54, 1.807) is 0 Å². The molecule has 1 saturated carbocycles. The summed E-state index contributed by atoms with van der Waals surface area (Å²) in [6.45, 7) is 2.18. The molecule has 2 atom stereocenters. The van der Waals surface area contributed by atoms with Crippen molar-refractivity contribution >= 4 is 17.4 Å². The van der Waals surface area contributed by atoms with Crippen LogP contribution in [0.1, 0.15) is 38.2 Å². The second-order valence-corrected chi connectivity index (χ2v) is 5.57. The van der Waals surface area contributed by atoms with E-state index in [9.17, 15) is 13.2 Å². The van der Waals surface area contributed by atoms with Gasteiger partial charge in [0.2, 0.25) is 0 Å². The van der Waals surface area contributed by atoms with Gasteiger partial charge in [0.15, 0.2) is 0 Å². The largest absolute Gasteiger partial charge is 0.417 e. The zero-order chi connectivity index (χ0) is 14.0. The number of halogens is 4. The molecule has 1 aromatic rings. The highest BCUT2D eigenvalue weighted by molar-refractivity contribution is 6.33. The number of hydrogen-bond acceptors (Lipinski definition) is 2. The minimum atomic E-state index is -4.41. The number of nitrogens with one attached hydrogen (secondary N) is 1. The number of pyridine rings is 1. The van der Waals surface area contributed by atoms with Crippen LogP contribution in [0.25, 0.3) is 0 Å². The van der Waals surface area contributed by atoms with E-state index in [4.69, 9.17) is 11.6 Å². The fourth-order valence-electron chi connectivity index (χ4n) is 2.46. The van der Waals surface area contributed by atoms with E-state index in [1.165, 1.54) is 6.42 Å². The summed E-state index contributed by atoms with van der Waals surface area (Å²) < 4.78 is 37.5. The molecule has 2 unspecified atom stereocenters. The molecule has 1 heterocycles. The molecular weight excluding hydrogens is 277 g/mol. The van der Waals surface area contributed by atoms with Gasteiger partial charge in [0.05, 0.1) is 10.6 Å². The van der Waals surface area contributed by atoms with Gasteiger partial charge >= 0.3 is 6.18 Å². The second-order valence-electron chi connectivity index (χ2n) is 5.17. The maximum absolute atomic E-state index is 12.5. The van der Waals surface area contributed by atoms with Crippen LogP contribution in [0.4, 0.5) is 19.0 Å². The molecular formula is C13H16ClF3N2. The lowest BCUT2D eigenvalue weighted by atomic mass is 9.87. The average molecular weight is 293 g/mol. The third kappa shape index (κ3) is 3.75. The predicted octanol–water partition coefficient (Wildman–Crippen LogP) is 4.74. The summed E-state index contributed by atoms with van der Waals surface area (Å²) in [5.74, 6) is 0.966. The SMILES string of the molecule is CC1CCCC(Nc2ncc(C(F)(F)F)cc2Cl)C1. The van der Waals surface area contributed by atoms with Crippen LogP contribution in [0.3, 0.4) is 0 Å². The Kier molecular flexibility index (Phi) is 4.23. The number of rotatable bonds is 2. The zero-order valence-electron chi connectivity index (χ0n) is 10.6. The molecule has 0 aromatic carbocycles. The Labute approximate surface area is 115 Å². The highest BCUT2D eigenvalue weighted by Crippen LogP contribution is 2.33. The molecule has 1 N–H and O–H groups in total. The summed E-state index contributed by atoms with van der Waals surface area (Å²) in [7, 11) is 0. The quantitative estimate of drug-likeness (QED) is 0.851. The molecule has 2 nitrogen and oxygen atoms in total. The lowest BCUT2D eigenvalue weighted by molar-refractivity contribution is -0.137. The van der Waals surface area contributed by atoms with Crippen molar-refractivity contribution < 1.29 is 13.2 Å². The summed E-state index contributed by atoms with van der Waals surface area (Å²) >= 11 is 5.87. The smallest absolute Gasteiger partial charge is 0.366 e. The molecule has 1 aliphatic rings. The van der Waals surface area contributed by atoms with Crippen molar-refractivity contribution in [3.63, 3.8) is 0 Å². The first-order valence-electron chi connectivity index (χ1n) is 6.35. The van der Waals surface area contributed by atoms with Crippen LogP contribution in [-0.4, -0.2) is 11.0 Å². The number of hydrogen-bond donors (Lipinski definition) is 1. The summed E-state index contributed by atoms with van der Waals surface area (Å²) in [6, 6.07) is 1.16. The third-order valence-corrected chi connectivity index (χ3v) is 3.73. The molecule has 6 heteroatoms. The highest BCUT2D eigenvalue weighted by Gasteiger charge is 2.31. The van der Waals surface area contributed by atoms with Crippen molar-refractivity contribution in [3.05, 3.63) is 22.8 Å². The van der Waals surface area contributed by atoms with Gasteiger partial charge in [-0.1, -0.05) is 31.4 Å². The van der Waals surface area contributed by atoms with Crippen LogP contribution in [0, 0.1) is 5.92 Å². The van der Waals surface area contributed by atoms with Crippen LogP contribution in [-0.2, 0) is 6.18 Å². The van der Waals surface area contributed by atoms with Crippen LogP contribution < -0.4 is 5.32 Å². The van der Waals surface area contributed by atoms with E-state index >= 15 is 0 Å². The Balaban J connectivity index is 2.09. The van der Waals surface area contributed by atoms with Crippen molar-refractivity contribution in [2.45, 2.75) is 44.8 Å². The van der Waals surface area contributed by atoms with Crippen molar-refractivity contribution in [1.82, 2.24) is 4.98 Å². The van der Waals surface area contributed by atoms with Gasteiger partial charge in [-0.2, -0.15) is 13.2 Å². The topological polar surface area (TPSA) is 24.9 Å². The number of anilines is 1. The van der Waals surface area contributed by atoms with Gasteiger partial charge in [-0.25, -0.2) is 4.98 Å². The molecule has 0 aliphatic heterocycles. The van der Waals surface area contributed by atoms with E-state index in [2.05, 4.69) is 17.2 Å². The molecule has 0 bridgehead atoms. The molecule has 106 valence electrons. The van der Waals surface area contributed by atoms with Crippen molar-refractivity contribution in [3.8, 4) is 0 Å². The van der Waals surface area contributed by atoms with Crippen LogP contribution in [0.5, 0.6) is 0 Å². The van der Waals surface area contributed by atoms with Crippen LogP contribution in [0.15, 0.2) is 12.3 Å². The van der Waals surface area contributed by atoms with Crippen LogP contribution >= 0.6 is 11.6 Å². The lowest BCUT2D eigenvalue weighted by Gasteiger charge is -2.28. The van der Waals surface area contributed by atoms with Crippen LogP contribution in [0.2, 0.25) is 5.02 Å². The molecule has 0 amide bonds. The van der Waals surface area contributed by atoms with E-state index in [0.717, 1.165) is 31.5 Å². The Hall–Kier alpha value is -0.970. The average Bonchev–Trinajstić information content (AvgIpc) is 2.30. The molecule has 0 spiro atoms. The third-order valence-electron chi connectivity index (χ3n) is 3.45. The molecule has 1 fully saturated rings. The minimum Gasteiger partial charge on any atom is -0.366 e. The minimum absolute atomic E-state index is 0.0213. The van der Waals surface area contributed by atoms with E-state index in [-0.39, 0.29) is 11.1 Å². The molecule has 1 aromatic heterocycles. The Morgan fingerprint density at radius 1 is 1.37 bits per heavy atom. The first kappa shape index (κ1) is 14.4. The maximum atomic E-state index is 12.5. The van der Waals surface area contributed by atoms with Gasteiger partial charge in [-0.15, -0.1) is 0 Å². The fourth-order valence-corrected chi connectivity index (χ4v) is 2.68. The molecule has 19 heavy (non-hydrogen) atoms. The van der Waals surface area contributed by atoms with Crippen molar-refractivity contribution in [1.29, 1.82) is 0 Å². The normalized spacial score (nSPS) is 24.3. The fraction of sp³-hybridized carbons (Fsp3) is 0.615. The second kappa shape index (κ2) is 5.57. The van der Waals surface area contributed by atoms with Gasteiger partial charge < -0.3 is 5.32 Å². The first-order chi connectivity index (χ1) is 8.86. The van der Waals surface area contributed by atoms with Crippen molar-refractivity contribution in [2.75, 3.05) is 5.32 Å². The molecule has 0 saturated heterocycles. The number of aromatic nitrogens is 1. The monoisotopic (exact) mass is 292 g/mol. The summed E-state index contributed by atoms with van der Waals surface area (Å²) in [6.07, 6.45) is 0.737. The van der Waals surface area contributed by atoms with Gasteiger partial charge in [0.1, 0.15) is 5.82 Å². The standard InChI is InChI=1S/C13H16ClF3N2/c1-8-3-2-4-10(5-8)19-12-11(14)6-9(7-18-12)13(15,16)17/h6-8,10H,2-5H2,1H3,(H,18,19). The zero-order valence-corrected chi connectivity index (χ0v) is 11.4. The first-order valence-corrected chi connectivity index (χ1v) is 6.73. The molecule has 1 aliphatic carbocycles. The van der Waals surface area contributed by atoms with Gasteiger partial charge in [0.25, 0.3) is 0 Å². The molecule has 0 radical (unpaired) electrons. The summed E-state index contributed by atoms with van der Waals surface area (Å²) in [4.78, 5) is 3.80. The predicted molar refractivity (Wildman–Crippen MR) is 69.3 cm³/mol. The lowest BCUT2D eigenvalue weighted by Crippen LogP contribution is -2.26. The number of alkyl halides is 3.